The molecule has 2 aromatic heterocycles. The molecule has 1 aliphatic heterocycles. The van der Waals surface area contributed by atoms with Crippen LogP contribution in [0.2, 0.25) is 0 Å². The molecule has 0 saturated heterocycles. The molecule has 1 N–H and O–H groups in total. The molecule has 1 aliphatic carbocycles. The number of nitrogens with zero attached hydrogens (tertiary/aromatic N) is 4. The normalized spacial score (nSPS) is 16.2. The lowest BCUT2D eigenvalue weighted by Crippen LogP contribution is -2.39. The first-order chi connectivity index (χ1) is 19.6. The molecule has 2 aromatic carbocycles. The maximum absolute atomic E-state index is 13.7. The van der Waals surface area contributed by atoms with Crippen molar-refractivity contribution in [2.24, 2.45) is 0 Å². The van der Waals surface area contributed by atoms with Crippen molar-refractivity contribution in [2.45, 2.75) is 84.1 Å². The Balaban J connectivity index is 1.41. The Morgan fingerprint density at radius 1 is 1.02 bits per heavy atom. The van der Waals surface area contributed by atoms with E-state index in [9.17, 15) is 18.4 Å². The number of alkyl halides is 2. The summed E-state index contributed by atoms with van der Waals surface area (Å²) in [5, 5.41) is 4.69. The lowest BCUT2D eigenvalue weighted by atomic mass is 9.79. The number of rotatable bonds is 5. The van der Waals surface area contributed by atoms with E-state index in [4.69, 9.17) is 5.10 Å². The van der Waals surface area contributed by atoms with Crippen LogP contribution in [0.25, 0.3) is 22.3 Å². The van der Waals surface area contributed by atoms with Gasteiger partial charge in [-0.1, -0.05) is 47.6 Å². The van der Waals surface area contributed by atoms with Gasteiger partial charge in [-0.2, -0.15) is 5.10 Å². The van der Waals surface area contributed by atoms with E-state index in [0.29, 0.717) is 16.9 Å². The fraction of sp³-hybridized carbons (Fsp3) is 0.419. The Kier molecular flexibility index (Phi) is 6.22. The lowest BCUT2D eigenvalue weighted by Gasteiger charge is -2.26. The van der Waals surface area contributed by atoms with Crippen LogP contribution in [0.15, 0.2) is 47.5 Å². The van der Waals surface area contributed by atoms with Crippen LogP contribution in [-0.4, -0.2) is 38.0 Å². The zero-order chi connectivity index (χ0) is 30.2. The van der Waals surface area contributed by atoms with E-state index < -0.39 is 17.8 Å². The Bertz CT molecular complexity index is 1740. The monoisotopic (exact) mass is 577 g/mol. The lowest BCUT2D eigenvalue weighted by molar-refractivity contribution is -0.286. The van der Waals surface area contributed by atoms with Gasteiger partial charge in [0.1, 0.15) is 23.3 Å². The first-order valence-corrected chi connectivity index (χ1v) is 13.9. The minimum absolute atomic E-state index is 0.105. The highest BCUT2D eigenvalue weighted by Crippen LogP contribution is 2.44. The highest BCUT2D eigenvalue weighted by Gasteiger charge is 2.44. The van der Waals surface area contributed by atoms with E-state index in [1.807, 2.05) is 0 Å². The predicted octanol–water partition coefficient (Wildman–Crippen LogP) is 5.90. The molecule has 3 heterocycles. The number of carbonyl (C=O) groups excluding carboxylic acids is 1. The molecule has 220 valence electrons. The maximum Gasteiger partial charge on any atom is 0.586 e. The van der Waals surface area contributed by atoms with Crippen molar-refractivity contribution in [3.8, 4) is 22.8 Å². The third-order valence-corrected chi connectivity index (χ3v) is 7.60. The summed E-state index contributed by atoms with van der Waals surface area (Å²) in [6.07, 6.45) is -0.822. The second-order valence-corrected chi connectivity index (χ2v) is 13.0. The maximum atomic E-state index is 13.7. The van der Waals surface area contributed by atoms with Crippen LogP contribution in [-0.2, 0) is 22.2 Å². The Morgan fingerprint density at radius 2 is 1.67 bits per heavy atom. The van der Waals surface area contributed by atoms with Gasteiger partial charge >= 0.3 is 6.29 Å². The summed E-state index contributed by atoms with van der Waals surface area (Å²) in [4.78, 5) is 36.1. The SMILES string of the molecule is CC(C)(C)c1cc(-c2nn(CC(=O)N(c3ccc4c(c3)OC(F)(F)O4)C3CC3)c(=O)c3[nH]cnc23)cc(C(C)(C)C)c1. The third-order valence-electron chi connectivity index (χ3n) is 7.60. The topological polar surface area (TPSA) is 102 Å². The third kappa shape index (κ3) is 5.12. The van der Waals surface area contributed by atoms with Crippen molar-refractivity contribution in [1.29, 1.82) is 0 Å². The number of amides is 1. The van der Waals surface area contributed by atoms with E-state index in [1.54, 1.807) is 0 Å². The van der Waals surface area contributed by atoms with E-state index in [-0.39, 0.29) is 40.4 Å². The van der Waals surface area contributed by atoms with Crippen LogP contribution in [0.4, 0.5) is 14.5 Å². The molecule has 2 aliphatic rings. The van der Waals surface area contributed by atoms with Gasteiger partial charge in [0.15, 0.2) is 11.5 Å². The van der Waals surface area contributed by atoms with Gasteiger partial charge in [-0.25, -0.2) is 9.67 Å². The highest BCUT2D eigenvalue weighted by atomic mass is 19.3. The molecule has 1 fully saturated rings. The number of aromatic amines is 1. The number of carbonyl (C=O) groups is 1. The second-order valence-electron chi connectivity index (χ2n) is 13.0. The van der Waals surface area contributed by atoms with Crippen LogP contribution in [0.5, 0.6) is 11.5 Å². The molecule has 6 rings (SSSR count). The number of imidazole rings is 1. The molecular weight excluding hydrogens is 544 g/mol. The summed E-state index contributed by atoms with van der Waals surface area (Å²) in [7, 11) is 0. The average molecular weight is 578 g/mol. The molecule has 0 atom stereocenters. The fourth-order valence-corrected chi connectivity index (χ4v) is 5.09. The number of benzene rings is 2. The number of anilines is 1. The summed E-state index contributed by atoms with van der Waals surface area (Å²) in [6.45, 7) is 12.5. The van der Waals surface area contributed by atoms with Gasteiger partial charge in [-0.3, -0.25) is 9.59 Å². The molecule has 4 aromatic rings. The number of nitrogens with one attached hydrogen (secondary N) is 1. The van der Waals surface area contributed by atoms with Crippen LogP contribution in [0.3, 0.4) is 0 Å². The van der Waals surface area contributed by atoms with Crippen LogP contribution >= 0.6 is 0 Å². The first kappa shape index (κ1) is 27.9. The van der Waals surface area contributed by atoms with Crippen molar-refractivity contribution in [3.05, 3.63) is 64.2 Å². The van der Waals surface area contributed by atoms with E-state index in [2.05, 4.69) is 79.2 Å². The van der Waals surface area contributed by atoms with Crippen LogP contribution in [0, 0.1) is 0 Å². The number of halogens is 2. The molecule has 0 unspecified atom stereocenters. The second kappa shape index (κ2) is 9.37. The van der Waals surface area contributed by atoms with Gasteiger partial charge in [-0.15, -0.1) is 8.78 Å². The van der Waals surface area contributed by atoms with Gasteiger partial charge in [0.05, 0.1) is 6.33 Å². The fourth-order valence-electron chi connectivity index (χ4n) is 5.09. The molecule has 1 saturated carbocycles. The van der Waals surface area contributed by atoms with E-state index in [1.165, 1.54) is 29.4 Å². The molecule has 0 bridgehead atoms. The average Bonchev–Trinajstić information content (AvgIpc) is 3.48. The Labute approximate surface area is 241 Å². The van der Waals surface area contributed by atoms with Crippen molar-refractivity contribution in [1.82, 2.24) is 19.7 Å². The molecule has 9 nitrogen and oxygen atoms in total. The summed E-state index contributed by atoms with van der Waals surface area (Å²) in [6, 6.07) is 10.4. The standard InChI is InChI=1S/C31H33F2N5O4/c1-29(2,3)18-11-17(12-19(13-18)30(4,5)6)25-26-27(35-16-34-26)28(40)37(36-25)15-24(39)38(20-7-8-20)21-9-10-22-23(14-21)42-31(32,33)41-22/h9-14,16,20H,7-8,15H2,1-6H3,(H,34,35). The minimum atomic E-state index is -3.76. The Morgan fingerprint density at radius 3 is 2.29 bits per heavy atom. The summed E-state index contributed by atoms with van der Waals surface area (Å²) < 4.78 is 37.5. The number of aromatic nitrogens is 4. The zero-order valence-electron chi connectivity index (χ0n) is 24.4. The molecule has 0 spiro atoms. The van der Waals surface area contributed by atoms with Crippen molar-refractivity contribution in [3.63, 3.8) is 0 Å². The molecule has 42 heavy (non-hydrogen) atoms. The van der Waals surface area contributed by atoms with Gasteiger partial charge < -0.3 is 19.4 Å². The summed E-state index contributed by atoms with van der Waals surface area (Å²) in [5.74, 6) is -0.659. The summed E-state index contributed by atoms with van der Waals surface area (Å²) in [5.41, 5.74) is 3.76. The van der Waals surface area contributed by atoms with Gasteiger partial charge in [0.2, 0.25) is 5.91 Å². The highest BCUT2D eigenvalue weighted by molar-refractivity contribution is 5.95. The molecule has 0 radical (unpaired) electrons. The van der Waals surface area contributed by atoms with Crippen molar-refractivity contribution < 1.29 is 23.0 Å². The van der Waals surface area contributed by atoms with Crippen LogP contribution in [0.1, 0.15) is 65.5 Å². The molecular formula is C31H33F2N5O4. The zero-order valence-corrected chi connectivity index (χ0v) is 24.4. The van der Waals surface area contributed by atoms with Crippen LogP contribution < -0.4 is 19.9 Å². The number of hydrogen-bond donors (Lipinski definition) is 1. The number of H-pyrrole nitrogens is 1. The number of fused-ring (bicyclic) bond motifs is 2. The van der Waals surface area contributed by atoms with E-state index >= 15 is 0 Å². The van der Waals surface area contributed by atoms with E-state index in [0.717, 1.165) is 34.2 Å². The quantitative estimate of drug-likeness (QED) is 0.317. The predicted molar refractivity (Wildman–Crippen MR) is 154 cm³/mol. The molecule has 11 heteroatoms. The smallest absolute Gasteiger partial charge is 0.395 e. The Hall–Kier alpha value is -4.28. The minimum Gasteiger partial charge on any atom is -0.395 e. The summed E-state index contributed by atoms with van der Waals surface area (Å²) >= 11 is 0. The molecule has 1 amide bonds. The van der Waals surface area contributed by atoms with Crippen molar-refractivity contribution >= 4 is 22.6 Å². The van der Waals surface area contributed by atoms with Crippen molar-refractivity contribution in [2.75, 3.05) is 4.90 Å². The number of hydrogen-bond acceptors (Lipinski definition) is 6. The largest absolute Gasteiger partial charge is 0.586 e. The van der Waals surface area contributed by atoms with Gasteiger partial charge in [0.25, 0.3) is 5.56 Å². The van der Waals surface area contributed by atoms with Gasteiger partial charge in [0, 0.05) is 23.4 Å². The number of ether oxygens (including phenoxy) is 2. The first-order valence-electron chi connectivity index (χ1n) is 13.9. The van der Waals surface area contributed by atoms with Gasteiger partial charge in [-0.05, 0) is 59.1 Å².